The van der Waals surface area contributed by atoms with Crippen LogP contribution in [0.2, 0.25) is 0 Å². The molecule has 0 heterocycles. The number of amides is 1. The van der Waals surface area contributed by atoms with E-state index in [0.717, 1.165) is 23.5 Å². The number of carbonyl (C=O) groups excluding carboxylic acids is 1. The lowest BCUT2D eigenvalue weighted by Gasteiger charge is -2.12. The highest BCUT2D eigenvalue weighted by atomic mass is 16.5. The van der Waals surface area contributed by atoms with Crippen molar-refractivity contribution in [3.8, 4) is 17.2 Å². The largest absolute Gasteiger partial charge is 0.497 e. The molecule has 0 spiro atoms. The molecule has 5 heteroatoms. The molecule has 0 aliphatic carbocycles. The van der Waals surface area contributed by atoms with Gasteiger partial charge < -0.3 is 19.5 Å². The van der Waals surface area contributed by atoms with Gasteiger partial charge in [-0.3, -0.25) is 4.79 Å². The van der Waals surface area contributed by atoms with E-state index in [1.54, 1.807) is 32.4 Å². The first-order valence-corrected chi connectivity index (χ1v) is 7.90. The molecule has 0 bridgehead atoms. The summed E-state index contributed by atoms with van der Waals surface area (Å²) in [4.78, 5) is 12.1. The minimum atomic E-state index is -0.0924. The Morgan fingerprint density at radius 1 is 1.00 bits per heavy atom. The van der Waals surface area contributed by atoms with Gasteiger partial charge >= 0.3 is 0 Å². The highest BCUT2D eigenvalue weighted by Gasteiger charge is 2.10. The summed E-state index contributed by atoms with van der Waals surface area (Å²) in [5, 5.41) is 2.87. The third-order valence-electron chi connectivity index (χ3n) is 3.53. The van der Waals surface area contributed by atoms with E-state index in [4.69, 9.17) is 14.2 Å². The summed E-state index contributed by atoms with van der Waals surface area (Å²) in [6.07, 6.45) is 0.898. The smallest absolute Gasteiger partial charge is 0.251 e. The number of benzene rings is 2. The molecule has 0 aliphatic rings. The molecular weight excluding hydrogens is 306 g/mol. The molecule has 0 aromatic heterocycles. The van der Waals surface area contributed by atoms with Gasteiger partial charge in [-0.25, -0.2) is 0 Å². The minimum absolute atomic E-state index is 0.0924. The van der Waals surface area contributed by atoms with Gasteiger partial charge in [0.1, 0.15) is 23.9 Å². The molecule has 5 nitrogen and oxygen atoms in total. The van der Waals surface area contributed by atoms with E-state index < -0.39 is 0 Å². The monoisotopic (exact) mass is 329 g/mol. The van der Waals surface area contributed by atoms with Gasteiger partial charge in [0.2, 0.25) is 0 Å². The summed E-state index contributed by atoms with van der Waals surface area (Å²) in [5.41, 5.74) is 1.41. The van der Waals surface area contributed by atoms with Crippen molar-refractivity contribution in [1.29, 1.82) is 0 Å². The third-order valence-corrected chi connectivity index (χ3v) is 3.53. The standard InChI is InChI=1S/C19H23NO4/c1-4-11-20-19(21)14-5-10-18(23-3)15(12-14)13-24-17-8-6-16(22-2)7-9-17/h5-10,12H,4,11,13H2,1-3H3,(H,20,21). The molecule has 2 aromatic carbocycles. The number of rotatable bonds is 8. The van der Waals surface area contributed by atoms with Crippen LogP contribution < -0.4 is 19.5 Å². The fourth-order valence-corrected chi connectivity index (χ4v) is 2.21. The number of carbonyl (C=O) groups is 1. The molecule has 1 N–H and O–H groups in total. The number of methoxy groups -OCH3 is 2. The third kappa shape index (κ3) is 4.65. The maximum atomic E-state index is 12.1. The van der Waals surface area contributed by atoms with Crippen molar-refractivity contribution < 1.29 is 19.0 Å². The average Bonchev–Trinajstić information content (AvgIpc) is 2.64. The molecule has 128 valence electrons. The first kappa shape index (κ1) is 17.7. The van der Waals surface area contributed by atoms with Crippen molar-refractivity contribution in [2.45, 2.75) is 20.0 Å². The molecule has 1 amide bonds. The van der Waals surface area contributed by atoms with Crippen LogP contribution in [-0.4, -0.2) is 26.7 Å². The Hall–Kier alpha value is -2.69. The first-order chi connectivity index (χ1) is 11.7. The number of nitrogens with one attached hydrogen (secondary N) is 1. The van der Waals surface area contributed by atoms with Crippen LogP contribution >= 0.6 is 0 Å². The second-order valence-corrected chi connectivity index (χ2v) is 5.25. The van der Waals surface area contributed by atoms with Crippen LogP contribution in [0.1, 0.15) is 29.3 Å². The van der Waals surface area contributed by atoms with Crippen LogP contribution in [0.25, 0.3) is 0 Å². The summed E-state index contributed by atoms with van der Waals surface area (Å²) >= 11 is 0. The van der Waals surface area contributed by atoms with Gasteiger partial charge in [-0.15, -0.1) is 0 Å². The lowest BCUT2D eigenvalue weighted by atomic mass is 10.1. The van der Waals surface area contributed by atoms with Crippen molar-refractivity contribution in [2.75, 3.05) is 20.8 Å². The maximum absolute atomic E-state index is 12.1. The van der Waals surface area contributed by atoms with Crippen molar-refractivity contribution in [3.05, 3.63) is 53.6 Å². The lowest BCUT2D eigenvalue weighted by Crippen LogP contribution is -2.24. The van der Waals surface area contributed by atoms with E-state index in [9.17, 15) is 4.79 Å². The zero-order valence-corrected chi connectivity index (χ0v) is 14.3. The Balaban J connectivity index is 2.10. The topological polar surface area (TPSA) is 56.8 Å². The van der Waals surface area contributed by atoms with Crippen LogP contribution in [0.5, 0.6) is 17.2 Å². The first-order valence-electron chi connectivity index (χ1n) is 7.90. The number of ether oxygens (including phenoxy) is 3. The van der Waals surface area contributed by atoms with Gasteiger partial charge in [-0.1, -0.05) is 6.92 Å². The van der Waals surface area contributed by atoms with Crippen LogP contribution in [0.4, 0.5) is 0 Å². The van der Waals surface area contributed by atoms with E-state index >= 15 is 0 Å². The van der Waals surface area contributed by atoms with E-state index in [0.29, 0.717) is 24.5 Å². The molecule has 0 radical (unpaired) electrons. The maximum Gasteiger partial charge on any atom is 0.251 e. The minimum Gasteiger partial charge on any atom is -0.497 e. The molecule has 0 fully saturated rings. The van der Waals surface area contributed by atoms with Gasteiger partial charge in [-0.05, 0) is 48.9 Å². The van der Waals surface area contributed by atoms with Crippen molar-refractivity contribution in [1.82, 2.24) is 5.32 Å². The van der Waals surface area contributed by atoms with E-state index in [2.05, 4.69) is 5.32 Å². The summed E-state index contributed by atoms with van der Waals surface area (Å²) < 4.78 is 16.3. The van der Waals surface area contributed by atoms with Crippen LogP contribution in [0, 0.1) is 0 Å². The molecule has 2 rings (SSSR count). The molecule has 2 aromatic rings. The number of hydrogen-bond acceptors (Lipinski definition) is 4. The highest BCUT2D eigenvalue weighted by Crippen LogP contribution is 2.23. The molecule has 0 aliphatic heterocycles. The molecule has 24 heavy (non-hydrogen) atoms. The Bertz CT molecular complexity index is 668. The molecule has 0 saturated carbocycles. The predicted molar refractivity (Wildman–Crippen MR) is 92.9 cm³/mol. The summed E-state index contributed by atoms with van der Waals surface area (Å²) in [5.74, 6) is 2.09. The Labute approximate surface area is 142 Å². The van der Waals surface area contributed by atoms with Gasteiger partial charge in [-0.2, -0.15) is 0 Å². The second-order valence-electron chi connectivity index (χ2n) is 5.25. The van der Waals surface area contributed by atoms with E-state index in [1.165, 1.54) is 0 Å². The van der Waals surface area contributed by atoms with Crippen molar-refractivity contribution in [3.63, 3.8) is 0 Å². The zero-order valence-electron chi connectivity index (χ0n) is 14.3. The molecular formula is C19H23NO4. The Morgan fingerprint density at radius 3 is 2.33 bits per heavy atom. The van der Waals surface area contributed by atoms with Crippen LogP contribution in [-0.2, 0) is 6.61 Å². The molecule has 0 saturated heterocycles. The summed E-state index contributed by atoms with van der Waals surface area (Å²) in [7, 11) is 3.22. The normalized spacial score (nSPS) is 10.1. The van der Waals surface area contributed by atoms with E-state index in [-0.39, 0.29) is 5.91 Å². The fraction of sp³-hybridized carbons (Fsp3) is 0.316. The van der Waals surface area contributed by atoms with E-state index in [1.807, 2.05) is 31.2 Å². The van der Waals surface area contributed by atoms with Gasteiger partial charge in [0, 0.05) is 17.7 Å². The highest BCUT2D eigenvalue weighted by molar-refractivity contribution is 5.94. The van der Waals surface area contributed by atoms with Gasteiger partial charge in [0.25, 0.3) is 5.91 Å². The SMILES string of the molecule is CCCNC(=O)c1ccc(OC)c(COc2ccc(OC)cc2)c1. The second kappa shape index (κ2) is 8.82. The Morgan fingerprint density at radius 2 is 1.71 bits per heavy atom. The van der Waals surface area contributed by atoms with Crippen molar-refractivity contribution >= 4 is 5.91 Å². The number of hydrogen-bond donors (Lipinski definition) is 1. The Kier molecular flexibility index (Phi) is 6.49. The van der Waals surface area contributed by atoms with Crippen LogP contribution in [0.3, 0.4) is 0 Å². The molecule has 0 unspecified atom stereocenters. The summed E-state index contributed by atoms with van der Waals surface area (Å²) in [6, 6.07) is 12.7. The quantitative estimate of drug-likeness (QED) is 0.806. The lowest BCUT2D eigenvalue weighted by molar-refractivity contribution is 0.0953. The van der Waals surface area contributed by atoms with Crippen molar-refractivity contribution in [2.24, 2.45) is 0 Å². The van der Waals surface area contributed by atoms with Crippen LogP contribution in [0.15, 0.2) is 42.5 Å². The zero-order chi connectivity index (χ0) is 17.4. The average molecular weight is 329 g/mol. The fourth-order valence-electron chi connectivity index (χ4n) is 2.21. The molecule has 0 atom stereocenters. The van der Waals surface area contributed by atoms with Gasteiger partial charge in [0.05, 0.1) is 14.2 Å². The summed E-state index contributed by atoms with van der Waals surface area (Å²) in [6.45, 7) is 2.98. The predicted octanol–water partition coefficient (Wildman–Crippen LogP) is 3.42. The van der Waals surface area contributed by atoms with Gasteiger partial charge in [0.15, 0.2) is 0 Å².